The van der Waals surface area contributed by atoms with Crippen LogP contribution in [-0.4, -0.2) is 19.4 Å². The van der Waals surface area contributed by atoms with Gasteiger partial charge < -0.3 is 9.47 Å². The van der Waals surface area contributed by atoms with Crippen molar-refractivity contribution in [2.75, 3.05) is 13.2 Å². The van der Waals surface area contributed by atoms with E-state index in [0.717, 1.165) is 18.9 Å². The Kier molecular flexibility index (Phi) is 7.06. The third kappa shape index (κ3) is 5.65. The van der Waals surface area contributed by atoms with Crippen molar-refractivity contribution in [1.82, 2.24) is 0 Å². The molecule has 0 unspecified atom stereocenters. The van der Waals surface area contributed by atoms with Gasteiger partial charge in [-0.3, -0.25) is 0 Å². The Bertz CT molecular complexity index is 938. The summed E-state index contributed by atoms with van der Waals surface area (Å²) in [5.41, 5.74) is -1.61. The van der Waals surface area contributed by atoms with E-state index in [1.54, 1.807) is 0 Å². The van der Waals surface area contributed by atoms with Crippen molar-refractivity contribution in [3.8, 4) is 11.1 Å². The molecule has 0 spiro atoms. The van der Waals surface area contributed by atoms with Gasteiger partial charge in [0.2, 0.25) is 0 Å². The van der Waals surface area contributed by atoms with Crippen LogP contribution in [0.25, 0.3) is 17.0 Å². The van der Waals surface area contributed by atoms with E-state index in [1.165, 1.54) is 12.1 Å². The maximum absolute atomic E-state index is 14.6. The second-order valence-corrected chi connectivity index (χ2v) is 7.24. The number of benzene rings is 2. The van der Waals surface area contributed by atoms with Crippen molar-refractivity contribution < 1.29 is 40.2 Å². The summed E-state index contributed by atoms with van der Waals surface area (Å²) in [6, 6.07) is 4.93. The van der Waals surface area contributed by atoms with Crippen LogP contribution in [0.15, 0.2) is 36.4 Å². The predicted molar refractivity (Wildman–Crippen MR) is 99.9 cm³/mol. The van der Waals surface area contributed by atoms with Gasteiger partial charge >= 0.3 is 6.18 Å². The monoisotopic (exact) mass is 448 g/mol. The molecule has 2 nitrogen and oxygen atoms in total. The van der Waals surface area contributed by atoms with Gasteiger partial charge in [-0.05, 0) is 30.2 Å². The Hall–Kier alpha value is -2.39. The molecular weight excluding hydrogens is 429 g/mol. The summed E-state index contributed by atoms with van der Waals surface area (Å²) < 4.78 is 105. The summed E-state index contributed by atoms with van der Waals surface area (Å²) in [6.45, 7) is 2.95. The number of ether oxygens (including phenoxy) is 2. The van der Waals surface area contributed by atoms with E-state index >= 15 is 0 Å². The van der Waals surface area contributed by atoms with Crippen LogP contribution >= 0.6 is 0 Å². The van der Waals surface area contributed by atoms with E-state index in [-0.39, 0.29) is 17.0 Å². The summed E-state index contributed by atoms with van der Waals surface area (Å²) in [5, 5.41) is 0. The van der Waals surface area contributed by atoms with Gasteiger partial charge in [-0.25, -0.2) is 17.6 Å². The highest BCUT2D eigenvalue weighted by atomic mass is 19.4. The first kappa shape index (κ1) is 23.3. The summed E-state index contributed by atoms with van der Waals surface area (Å²) in [7, 11) is 0. The molecule has 0 aliphatic carbocycles. The number of hydrogen-bond acceptors (Lipinski definition) is 2. The smallest absolute Gasteiger partial charge is 0.348 e. The van der Waals surface area contributed by atoms with Gasteiger partial charge in [0.05, 0.1) is 24.9 Å². The zero-order valence-electron chi connectivity index (χ0n) is 16.4. The average Bonchev–Trinajstić information content (AvgIpc) is 2.66. The van der Waals surface area contributed by atoms with E-state index in [9.17, 15) is 30.7 Å². The fraction of sp³-hybridized carbons (Fsp3) is 0.364. The van der Waals surface area contributed by atoms with Gasteiger partial charge in [0.25, 0.3) is 0 Å². The number of allylic oxidation sites excluding steroid dienone is 1. The lowest BCUT2D eigenvalue weighted by atomic mass is 9.99. The fourth-order valence-electron chi connectivity index (χ4n) is 3.40. The van der Waals surface area contributed by atoms with Crippen LogP contribution in [0.5, 0.6) is 0 Å². The van der Waals surface area contributed by atoms with Crippen LogP contribution < -0.4 is 0 Å². The van der Waals surface area contributed by atoms with Gasteiger partial charge in [-0.2, -0.15) is 13.2 Å². The molecule has 1 fully saturated rings. The van der Waals surface area contributed by atoms with E-state index in [0.29, 0.717) is 30.9 Å². The Morgan fingerprint density at radius 1 is 1.00 bits per heavy atom. The van der Waals surface area contributed by atoms with Crippen LogP contribution in [-0.2, 0) is 9.47 Å². The van der Waals surface area contributed by atoms with Gasteiger partial charge in [-0.15, -0.1) is 0 Å². The molecule has 0 atom stereocenters. The topological polar surface area (TPSA) is 18.5 Å². The summed E-state index contributed by atoms with van der Waals surface area (Å²) in [5.74, 6) is -5.88. The van der Waals surface area contributed by atoms with Crippen molar-refractivity contribution >= 4 is 5.83 Å². The van der Waals surface area contributed by atoms with Crippen LogP contribution in [0, 0.1) is 23.4 Å². The minimum Gasteiger partial charge on any atom is -0.348 e. The first-order valence-electron chi connectivity index (χ1n) is 9.56. The number of hydrogen-bond donors (Lipinski definition) is 0. The minimum absolute atomic E-state index is 0.215. The normalized spacial score (nSPS) is 20.2. The zero-order valence-corrected chi connectivity index (χ0v) is 16.4. The molecule has 1 aliphatic heterocycles. The molecule has 2 aromatic rings. The Balaban J connectivity index is 1.85. The van der Waals surface area contributed by atoms with E-state index in [4.69, 9.17) is 9.47 Å². The maximum atomic E-state index is 14.6. The van der Waals surface area contributed by atoms with Crippen molar-refractivity contribution in [2.24, 2.45) is 5.92 Å². The molecule has 0 N–H and O–H groups in total. The van der Waals surface area contributed by atoms with Gasteiger partial charge in [0, 0.05) is 17.0 Å². The molecule has 0 amide bonds. The molecule has 0 bridgehead atoms. The number of rotatable bonds is 5. The lowest BCUT2D eigenvalue weighted by Crippen LogP contribution is -2.27. The van der Waals surface area contributed by atoms with Crippen LogP contribution in [0.3, 0.4) is 0 Å². The molecule has 1 heterocycles. The molecular formula is C22H19F7O2. The number of alkyl halides is 3. The zero-order chi connectivity index (χ0) is 22.8. The van der Waals surface area contributed by atoms with Gasteiger partial charge in [0.15, 0.2) is 6.29 Å². The van der Waals surface area contributed by atoms with Crippen molar-refractivity contribution in [2.45, 2.75) is 32.2 Å². The molecule has 9 heteroatoms. The highest BCUT2D eigenvalue weighted by molar-refractivity contribution is 5.69. The third-order valence-corrected chi connectivity index (χ3v) is 4.81. The number of halogens is 7. The Morgan fingerprint density at radius 2 is 1.61 bits per heavy atom. The second-order valence-electron chi connectivity index (χ2n) is 7.24. The van der Waals surface area contributed by atoms with E-state index in [1.807, 2.05) is 6.92 Å². The van der Waals surface area contributed by atoms with Crippen LogP contribution in [0.1, 0.15) is 37.2 Å². The lowest BCUT2D eigenvalue weighted by Gasteiger charge is -2.29. The standard InChI is InChI=1S/C22H19F7O2/c1-2-3-12-10-30-21(31-11-12)13-4-5-15(16(23)6-13)14-7-17(24)20(18(25)8-14)19(26)9-22(27,28)29/h4-9,12,21H,2-3,10-11H2,1H3/b19-9-. The van der Waals surface area contributed by atoms with Crippen molar-refractivity contribution in [3.05, 3.63) is 65.0 Å². The minimum atomic E-state index is -5.09. The lowest BCUT2D eigenvalue weighted by molar-refractivity contribution is -0.206. The predicted octanol–water partition coefficient (Wildman–Crippen LogP) is 7.11. The quantitative estimate of drug-likeness (QED) is 0.454. The highest BCUT2D eigenvalue weighted by Gasteiger charge is 2.28. The highest BCUT2D eigenvalue weighted by Crippen LogP contribution is 2.34. The molecule has 0 saturated carbocycles. The van der Waals surface area contributed by atoms with Crippen molar-refractivity contribution in [1.29, 1.82) is 0 Å². The maximum Gasteiger partial charge on any atom is 0.412 e. The Labute approximate surface area is 174 Å². The summed E-state index contributed by atoms with van der Waals surface area (Å²) in [4.78, 5) is 0. The van der Waals surface area contributed by atoms with Crippen molar-refractivity contribution in [3.63, 3.8) is 0 Å². The van der Waals surface area contributed by atoms with Gasteiger partial charge in [-0.1, -0.05) is 25.5 Å². The largest absolute Gasteiger partial charge is 0.412 e. The molecule has 0 radical (unpaired) electrons. The fourth-order valence-corrected chi connectivity index (χ4v) is 3.40. The first-order valence-corrected chi connectivity index (χ1v) is 9.56. The summed E-state index contributed by atoms with van der Waals surface area (Å²) in [6.07, 6.45) is -4.81. The van der Waals surface area contributed by atoms with E-state index < -0.39 is 47.4 Å². The summed E-state index contributed by atoms with van der Waals surface area (Å²) >= 11 is 0. The Morgan fingerprint density at radius 3 is 2.13 bits per heavy atom. The molecule has 31 heavy (non-hydrogen) atoms. The first-order chi connectivity index (χ1) is 14.6. The second kappa shape index (κ2) is 9.40. The van der Waals surface area contributed by atoms with Gasteiger partial charge in [0.1, 0.15) is 23.3 Å². The van der Waals surface area contributed by atoms with Crippen LogP contribution in [0.4, 0.5) is 30.7 Å². The molecule has 1 aliphatic rings. The molecule has 1 saturated heterocycles. The van der Waals surface area contributed by atoms with E-state index in [2.05, 4.69) is 0 Å². The molecule has 3 rings (SSSR count). The molecule has 168 valence electrons. The average molecular weight is 448 g/mol. The SMILES string of the molecule is CCCC1COC(c2ccc(-c3cc(F)c(/C(F)=C/C(F)(F)F)c(F)c3)c(F)c2)OC1. The third-order valence-electron chi connectivity index (χ3n) is 4.81. The molecule has 0 aromatic heterocycles. The molecule has 2 aromatic carbocycles. The van der Waals surface area contributed by atoms with Crippen LogP contribution in [0.2, 0.25) is 0 Å².